The van der Waals surface area contributed by atoms with E-state index in [-0.39, 0.29) is 29.9 Å². The van der Waals surface area contributed by atoms with Gasteiger partial charge in [-0.2, -0.15) is 0 Å². The minimum absolute atomic E-state index is 0.0214. The summed E-state index contributed by atoms with van der Waals surface area (Å²) < 4.78 is 5.41. The largest absolute Gasteiger partial charge is 0.460 e. The van der Waals surface area contributed by atoms with Gasteiger partial charge >= 0.3 is 5.97 Å². The topological polar surface area (TPSA) is 46.6 Å². The average molecular weight is 273 g/mol. The molecule has 1 amide bonds. The van der Waals surface area contributed by atoms with Crippen LogP contribution in [0, 0.1) is 5.92 Å². The molecule has 4 rings (SSSR count). The molecule has 4 heteroatoms. The van der Waals surface area contributed by atoms with Gasteiger partial charge in [0.15, 0.2) is 0 Å². The van der Waals surface area contributed by atoms with Crippen molar-refractivity contribution in [2.24, 2.45) is 5.92 Å². The van der Waals surface area contributed by atoms with Gasteiger partial charge in [-0.05, 0) is 24.8 Å². The van der Waals surface area contributed by atoms with E-state index >= 15 is 0 Å². The van der Waals surface area contributed by atoms with Gasteiger partial charge in [0, 0.05) is 19.4 Å². The van der Waals surface area contributed by atoms with Crippen LogP contribution in [0.3, 0.4) is 0 Å². The molecule has 0 N–H and O–H groups in total. The van der Waals surface area contributed by atoms with Crippen LogP contribution >= 0.6 is 0 Å². The maximum Gasteiger partial charge on any atom is 0.302 e. The van der Waals surface area contributed by atoms with Crippen molar-refractivity contribution < 1.29 is 14.3 Å². The van der Waals surface area contributed by atoms with E-state index in [9.17, 15) is 9.59 Å². The minimum Gasteiger partial charge on any atom is -0.460 e. The maximum absolute atomic E-state index is 12.4. The quantitative estimate of drug-likeness (QED) is 0.793. The van der Waals surface area contributed by atoms with Crippen LogP contribution in [0.4, 0.5) is 0 Å². The molecule has 0 radical (unpaired) electrons. The van der Waals surface area contributed by atoms with E-state index in [0.29, 0.717) is 13.0 Å². The Labute approximate surface area is 118 Å². The first kappa shape index (κ1) is 13.2. The lowest BCUT2D eigenvalue weighted by atomic mass is 9.77. The van der Waals surface area contributed by atoms with Crippen LogP contribution < -0.4 is 0 Å². The second-order valence-electron chi connectivity index (χ2n) is 5.68. The van der Waals surface area contributed by atoms with Crippen molar-refractivity contribution in [1.82, 2.24) is 4.90 Å². The molecule has 1 saturated carbocycles. The van der Waals surface area contributed by atoms with E-state index in [1.165, 1.54) is 6.92 Å². The Bertz CT molecular complexity index is 514. The van der Waals surface area contributed by atoms with Crippen LogP contribution in [0.15, 0.2) is 30.3 Å². The molecule has 0 unspecified atom stereocenters. The normalized spacial score (nSPS) is 28.6. The summed E-state index contributed by atoms with van der Waals surface area (Å²) in [5.41, 5.74) is 1.12. The Hall–Kier alpha value is -1.84. The van der Waals surface area contributed by atoms with Crippen molar-refractivity contribution in [2.45, 2.75) is 44.9 Å². The summed E-state index contributed by atoms with van der Waals surface area (Å²) >= 11 is 0. The summed E-state index contributed by atoms with van der Waals surface area (Å²) in [5, 5.41) is 0. The monoisotopic (exact) mass is 273 g/mol. The number of amides is 1. The van der Waals surface area contributed by atoms with Gasteiger partial charge in [-0.1, -0.05) is 30.3 Å². The Kier molecular flexibility index (Phi) is 3.47. The van der Waals surface area contributed by atoms with Gasteiger partial charge in [-0.15, -0.1) is 0 Å². The lowest BCUT2D eigenvalue weighted by molar-refractivity contribution is -0.171. The third-order valence-corrected chi connectivity index (χ3v) is 4.30. The highest BCUT2D eigenvalue weighted by Crippen LogP contribution is 2.38. The molecular formula is C16H19NO3. The SMILES string of the molecule is CC(=O)O[C@H]1C[C@H]2CC[C@H]1N(Cc1ccccc1)C2=O. The fourth-order valence-corrected chi connectivity index (χ4v) is 3.41. The maximum atomic E-state index is 12.4. The van der Waals surface area contributed by atoms with Crippen molar-refractivity contribution in [3.8, 4) is 0 Å². The first-order chi connectivity index (χ1) is 9.65. The van der Waals surface area contributed by atoms with E-state index in [0.717, 1.165) is 18.4 Å². The Morgan fingerprint density at radius 1 is 1.30 bits per heavy atom. The molecular weight excluding hydrogens is 254 g/mol. The summed E-state index contributed by atoms with van der Waals surface area (Å²) in [6.07, 6.45) is 2.41. The van der Waals surface area contributed by atoms with E-state index in [1.807, 2.05) is 35.2 Å². The van der Waals surface area contributed by atoms with Gasteiger partial charge in [0.1, 0.15) is 6.10 Å². The molecule has 0 aromatic heterocycles. The van der Waals surface area contributed by atoms with Gasteiger partial charge in [0.05, 0.1) is 6.04 Å². The molecule has 1 aliphatic carbocycles. The lowest BCUT2D eigenvalue weighted by Gasteiger charge is -2.48. The van der Waals surface area contributed by atoms with Gasteiger partial charge in [0.25, 0.3) is 0 Å². The molecule has 20 heavy (non-hydrogen) atoms. The molecule has 2 aliphatic heterocycles. The molecule has 3 fully saturated rings. The van der Waals surface area contributed by atoms with Crippen LogP contribution in [0.1, 0.15) is 31.7 Å². The van der Waals surface area contributed by atoms with Crippen LogP contribution in [0.25, 0.3) is 0 Å². The number of carbonyl (C=O) groups is 2. The van der Waals surface area contributed by atoms with Crippen molar-refractivity contribution in [3.63, 3.8) is 0 Å². The molecule has 2 saturated heterocycles. The number of hydrogen-bond donors (Lipinski definition) is 0. The fourth-order valence-electron chi connectivity index (χ4n) is 3.41. The Balaban J connectivity index is 1.78. The van der Waals surface area contributed by atoms with E-state index in [4.69, 9.17) is 4.74 Å². The summed E-state index contributed by atoms with van der Waals surface area (Å²) in [7, 11) is 0. The van der Waals surface area contributed by atoms with Crippen LogP contribution in [0.2, 0.25) is 0 Å². The second kappa shape index (κ2) is 5.27. The summed E-state index contributed by atoms with van der Waals surface area (Å²) in [5.74, 6) is -0.0174. The van der Waals surface area contributed by atoms with Crippen molar-refractivity contribution in [1.29, 1.82) is 0 Å². The number of nitrogens with zero attached hydrogens (tertiary/aromatic N) is 1. The Morgan fingerprint density at radius 3 is 2.75 bits per heavy atom. The molecule has 2 bridgehead atoms. The number of piperidine rings is 2. The molecule has 3 atom stereocenters. The highest BCUT2D eigenvalue weighted by atomic mass is 16.5. The third kappa shape index (κ3) is 2.42. The molecule has 1 aromatic carbocycles. The molecule has 4 nitrogen and oxygen atoms in total. The summed E-state index contributed by atoms with van der Waals surface area (Å²) in [6.45, 7) is 2.05. The van der Waals surface area contributed by atoms with Gasteiger partial charge in [-0.25, -0.2) is 0 Å². The molecule has 0 spiro atoms. The summed E-state index contributed by atoms with van der Waals surface area (Å²) in [6, 6.07) is 10.0. The van der Waals surface area contributed by atoms with E-state index in [1.54, 1.807) is 0 Å². The lowest BCUT2D eigenvalue weighted by Crippen LogP contribution is -2.59. The smallest absolute Gasteiger partial charge is 0.302 e. The Morgan fingerprint density at radius 2 is 2.05 bits per heavy atom. The molecule has 2 heterocycles. The number of esters is 1. The van der Waals surface area contributed by atoms with Gasteiger partial charge < -0.3 is 9.64 Å². The number of hydrogen-bond acceptors (Lipinski definition) is 3. The number of benzene rings is 1. The number of fused-ring (bicyclic) bond motifs is 3. The zero-order valence-corrected chi connectivity index (χ0v) is 11.6. The van der Waals surface area contributed by atoms with Crippen LogP contribution in [-0.2, 0) is 20.9 Å². The highest BCUT2D eigenvalue weighted by Gasteiger charge is 2.47. The van der Waals surface area contributed by atoms with Crippen LogP contribution in [-0.4, -0.2) is 28.9 Å². The predicted octanol–water partition coefficient (Wildman–Crippen LogP) is 2.13. The average Bonchev–Trinajstić information content (AvgIpc) is 2.44. The van der Waals surface area contributed by atoms with Crippen molar-refractivity contribution in [2.75, 3.05) is 0 Å². The number of rotatable bonds is 3. The summed E-state index contributed by atoms with van der Waals surface area (Å²) in [4.78, 5) is 25.5. The number of carbonyl (C=O) groups excluding carboxylic acids is 2. The van der Waals surface area contributed by atoms with Crippen LogP contribution in [0.5, 0.6) is 0 Å². The van der Waals surface area contributed by atoms with Crippen molar-refractivity contribution in [3.05, 3.63) is 35.9 Å². The van der Waals surface area contributed by atoms with Gasteiger partial charge in [-0.3, -0.25) is 9.59 Å². The first-order valence-corrected chi connectivity index (χ1v) is 7.17. The van der Waals surface area contributed by atoms with Gasteiger partial charge in [0.2, 0.25) is 5.91 Å². The molecule has 106 valence electrons. The minimum atomic E-state index is -0.255. The number of ether oxygens (including phenoxy) is 1. The predicted molar refractivity (Wildman–Crippen MR) is 73.7 cm³/mol. The zero-order valence-electron chi connectivity index (χ0n) is 11.6. The standard InChI is InChI=1S/C16H19NO3/c1-11(18)20-15-9-13-7-8-14(15)17(16(13)19)10-12-5-3-2-4-6-12/h2-6,13-15H,7-10H2,1H3/t13-,14-,15+/m1/s1. The second-order valence-corrected chi connectivity index (χ2v) is 5.68. The third-order valence-electron chi connectivity index (χ3n) is 4.30. The first-order valence-electron chi connectivity index (χ1n) is 7.17. The highest BCUT2D eigenvalue weighted by molar-refractivity contribution is 5.81. The van der Waals surface area contributed by atoms with E-state index < -0.39 is 0 Å². The van der Waals surface area contributed by atoms with Crippen molar-refractivity contribution >= 4 is 11.9 Å². The molecule has 3 aliphatic rings. The fraction of sp³-hybridized carbons (Fsp3) is 0.500. The van der Waals surface area contributed by atoms with E-state index in [2.05, 4.69) is 0 Å². The molecule has 1 aromatic rings. The zero-order chi connectivity index (χ0) is 14.1.